The largest absolute Gasteiger partial charge is 0.497 e. The quantitative estimate of drug-likeness (QED) is 0.857. The molecule has 0 amide bonds. The summed E-state index contributed by atoms with van der Waals surface area (Å²) in [5.74, 6) is 2.18. The van der Waals surface area contributed by atoms with E-state index in [1.165, 1.54) is 0 Å². The molecule has 0 radical (unpaired) electrons. The van der Waals surface area contributed by atoms with Crippen molar-refractivity contribution in [1.29, 1.82) is 0 Å². The lowest BCUT2D eigenvalue weighted by molar-refractivity contribution is 0.415. The number of methoxy groups -OCH3 is 1. The summed E-state index contributed by atoms with van der Waals surface area (Å²) in [6.07, 6.45) is 0. The van der Waals surface area contributed by atoms with Gasteiger partial charge in [0.25, 0.3) is 0 Å². The van der Waals surface area contributed by atoms with Gasteiger partial charge < -0.3 is 14.9 Å². The number of aryl methyl sites for hydroxylation is 1. The zero-order valence-electron chi connectivity index (χ0n) is 9.36. The van der Waals surface area contributed by atoms with Crippen molar-refractivity contribution in [2.45, 2.75) is 13.5 Å². The van der Waals surface area contributed by atoms with Crippen LogP contribution in [-0.2, 0) is 6.54 Å². The van der Waals surface area contributed by atoms with Crippen LogP contribution in [0.3, 0.4) is 0 Å². The van der Waals surface area contributed by atoms with Crippen LogP contribution in [0.4, 0.5) is 0 Å². The monoisotopic (exact) mass is 218 g/mol. The molecule has 0 fully saturated rings. The SMILES string of the molecule is COc1ccc(-c2nc(CN)c(C)o2)cc1. The molecule has 4 heteroatoms. The van der Waals surface area contributed by atoms with Crippen molar-refractivity contribution in [3.05, 3.63) is 35.7 Å². The maximum Gasteiger partial charge on any atom is 0.226 e. The molecule has 1 heterocycles. The summed E-state index contributed by atoms with van der Waals surface area (Å²) in [5, 5.41) is 0. The molecule has 0 aliphatic heterocycles. The predicted octanol–water partition coefficient (Wildman–Crippen LogP) is 2.12. The Morgan fingerprint density at radius 1 is 1.31 bits per heavy atom. The number of hydrogen-bond acceptors (Lipinski definition) is 4. The minimum Gasteiger partial charge on any atom is -0.497 e. The number of nitrogens with zero attached hydrogens (tertiary/aromatic N) is 1. The van der Waals surface area contributed by atoms with E-state index in [4.69, 9.17) is 14.9 Å². The van der Waals surface area contributed by atoms with Crippen molar-refractivity contribution in [2.24, 2.45) is 5.73 Å². The minimum absolute atomic E-state index is 0.394. The minimum atomic E-state index is 0.394. The van der Waals surface area contributed by atoms with Gasteiger partial charge in [-0.05, 0) is 31.2 Å². The average Bonchev–Trinajstić information content (AvgIpc) is 2.71. The Morgan fingerprint density at radius 2 is 2.00 bits per heavy atom. The predicted molar refractivity (Wildman–Crippen MR) is 61.1 cm³/mol. The lowest BCUT2D eigenvalue weighted by Gasteiger charge is -1.99. The Hall–Kier alpha value is -1.81. The number of benzene rings is 1. The highest BCUT2D eigenvalue weighted by atomic mass is 16.5. The van der Waals surface area contributed by atoms with Gasteiger partial charge in [-0.3, -0.25) is 0 Å². The summed E-state index contributed by atoms with van der Waals surface area (Å²) in [7, 11) is 1.64. The topological polar surface area (TPSA) is 61.3 Å². The smallest absolute Gasteiger partial charge is 0.226 e. The van der Waals surface area contributed by atoms with Crippen molar-refractivity contribution < 1.29 is 9.15 Å². The van der Waals surface area contributed by atoms with E-state index in [0.29, 0.717) is 12.4 Å². The highest BCUT2D eigenvalue weighted by molar-refractivity contribution is 5.55. The third-order valence-electron chi connectivity index (χ3n) is 2.42. The summed E-state index contributed by atoms with van der Waals surface area (Å²) in [4.78, 5) is 4.32. The molecule has 2 N–H and O–H groups in total. The molecule has 0 saturated carbocycles. The Morgan fingerprint density at radius 3 is 2.50 bits per heavy atom. The summed E-state index contributed by atoms with van der Waals surface area (Å²) in [6, 6.07) is 7.56. The first-order valence-corrected chi connectivity index (χ1v) is 5.05. The molecule has 2 rings (SSSR count). The van der Waals surface area contributed by atoms with E-state index in [9.17, 15) is 0 Å². The van der Waals surface area contributed by atoms with E-state index in [0.717, 1.165) is 22.8 Å². The molecule has 16 heavy (non-hydrogen) atoms. The van der Waals surface area contributed by atoms with Gasteiger partial charge in [-0.1, -0.05) is 0 Å². The number of nitrogens with two attached hydrogens (primary N) is 1. The van der Waals surface area contributed by atoms with Gasteiger partial charge >= 0.3 is 0 Å². The van der Waals surface area contributed by atoms with Gasteiger partial charge in [-0.15, -0.1) is 0 Å². The Bertz CT molecular complexity index is 474. The normalized spacial score (nSPS) is 10.4. The maximum atomic E-state index is 5.55. The molecular formula is C12H14N2O2. The average molecular weight is 218 g/mol. The van der Waals surface area contributed by atoms with Gasteiger partial charge in [-0.25, -0.2) is 4.98 Å². The molecule has 2 aromatic rings. The second-order valence-electron chi connectivity index (χ2n) is 3.45. The lowest BCUT2D eigenvalue weighted by atomic mass is 10.2. The summed E-state index contributed by atoms with van der Waals surface area (Å²) in [6.45, 7) is 2.26. The van der Waals surface area contributed by atoms with E-state index >= 15 is 0 Å². The zero-order chi connectivity index (χ0) is 11.5. The van der Waals surface area contributed by atoms with E-state index in [-0.39, 0.29) is 0 Å². The van der Waals surface area contributed by atoms with Gasteiger partial charge in [0.1, 0.15) is 11.5 Å². The lowest BCUT2D eigenvalue weighted by Crippen LogP contribution is -1.97. The van der Waals surface area contributed by atoms with E-state index in [2.05, 4.69) is 4.98 Å². The van der Waals surface area contributed by atoms with Crippen LogP contribution in [0.5, 0.6) is 5.75 Å². The molecule has 1 aromatic heterocycles. The first-order valence-electron chi connectivity index (χ1n) is 5.05. The number of hydrogen-bond donors (Lipinski definition) is 1. The zero-order valence-corrected chi connectivity index (χ0v) is 9.36. The molecule has 0 aliphatic carbocycles. The van der Waals surface area contributed by atoms with Crippen molar-refractivity contribution in [3.8, 4) is 17.2 Å². The van der Waals surface area contributed by atoms with Gasteiger partial charge in [0, 0.05) is 12.1 Å². The third-order valence-corrected chi connectivity index (χ3v) is 2.42. The van der Waals surface area contributed by atoms with Crippen molar-refractivity contribution in [2.75, 3.05) is 7.11 Å². The van der Waals surface area contributed by atoms with Crippen molar-refractivity contribution in [1.82, 2.24) is 4.98 Å². The van der Waals surface area contributed by atoms with Gasteiger partial charge in [0.05, 0.1) is 12.8 Å². The van der Waals surface area contributed by atoms with Crippen LogP contribution in [0.15, 0.2) is 28.7 Å². The van der Waals surface area contributed by atoms with E-state index < -0.39 is 0 Å². The van der Waals surface area contributed by atoms with Crippen molar-refractivity contribution in [3.63, 3.8) is 0 Å². The molecule has 0 saturated heterocycles. The van der Waals surface area contributed by atoms with Crippen LogP contribution in [0.2, 0.25) is 0 Å². The first kappa shape index (κ1) is 10.7. The Balaban J connectivity index is 2.34. The maximum absolute atomic E-state index is 5.55. The molecule has 0 spiro atoms. The van der Waals surface area contributed by atoms with E-state index in [1.54, 1.807) is 7.11 Å². The van der Waals surface area contributed by atoms with Crippen LogP contribution < -0.4 is 10.5 Å². The van der Waals surface area contributed by atoms with Crippen molar-refractivity contribution >= 4 is 0 Å². The number of oxazole rings is 1. The molecule has 4 nitrogen and oxygen atoms in total. The molecule has 84 valence electrons. The Labute approximate surface area is 94.1 Å². The molecule has 0 atom stereocenters. The van der Waals surface area contributed by atoms with Crippen LogP contribution >= 0.6 is 0 Å². The fourth-order valence-corrected chi connectivity index (χ4v) is 1.47. The summed E-state index contributed by atoms with van der Waals surface area (Å²) in [5.41, 5.74) is 7.26. The molecule has 0 bridgehead atoms. The second kappa shape index (κ2) is 4.37. The first-order chi connectivity index (χ1) is 7.74. The number of ether oxygens (including phenoxy) is 1. The molecule has 1 aromatic carbocycles. The van der Waals surface area contributed by atoms with E-state index in [1.807, 2.05) is 31.2 Å². The Kier molecular flexibility index (Phi) is 2.92. The number of aromatic nitrogens is 1. The standard InChI is InChI=1S/C12H14N2O2/c1-8-11(7-13)14-12(16-8)9-3-5-10(15-2)6-4-9/h3-6H,7,13H2,1-2H3. The van der Waals surface area contributed by atoms with Gasteiger partial charge in [-0.2, -0.15) is 0 Å². The van der Waals surface area contributed by atoms with Gasteiger partial charge in [0.2, 0.25) is 5.89 Å². The summed E-state index contributed by atoms with van der Waals surface area (Å²) < 4.78 is 10.6. The highest BCUT2D eigenvalue weighted by Crippen LogP contribution is 2.23. The molecular weight excluding hydrogens is 204 g/mol. The summed E-state index contributed by atoms with van der Waals surface area (Å²) >= 11 is 0. The highest BCUT2D eigenvalue weighted by Gasteiger charge is 2.09. The van der Waals surface area contributed by atoms with Crippen LogP contribution in [0.25, 0.3) is 11.5 Å². The molecule has 0 aliphatic rings. The van der Waals surface area contributed by atoms with Crippen LogP contribution in [0.1, 0.15) is 11.5 Å². The fourth-order valence-electron chi connectivity index (χ4n) is 1.47. The fraction of sp³-hybridized carbons (Fsp3) is 0.250. The molecule has 0 unspecified atom stereocenters. The van der Waals surface area contributed by atoms with Crippen LogP contribution in [-0.4, -0.2) is 12.1 Å². The third kappa shape index (κ3) is 1.92. The number of rotatable bonds is 3. The van der Waals surface area contributed by atoms with Crippen LogP contribution in [0, 0.1) is 6.92 Å². The van der Waals surface area contributed by atoms with Gasteiger partial charge in [0.15, 0.2) is 0 Å². The second-order valence-corrected chi connectivity index (χ2v) is 3.45.